The molecule has 25 heavy (non-hydrogen) atoms. The number of nitrogens with zero attached hydrogens (tertiary/aromatic N) is 3. The summed E-state index contributed by atoms with van der Waals surface area (Å²) in [5.41, 5.74) is 0. The van der Waals surface area contributed by atoms with E-state index in [4.69, 9.17) is 9.73 Å². The van der Waals surface area contributed by atoms with Crippen LogP contribution in [0.1, 0.15) is 43.5 Å². The molecule has 1 aliphatic carbocycles. The van der Waals surface area contributed by atoms with E-state index >= 15 is 0 Å². The van der Waals surface area contributed by atoms with Gasteiger partial charge >= 0.3 is 0 Å². The summed E-state index contributed by atoms with van der Waals surface area (Å²) in [6, 6.07) is 0. The van der Waals surface area contributed by atoms with E-state index in [1.807, 2.05) is 6.20 Å². The Morgan fingerprint density at radius 3 is 2.88 bits per heavy atom. The molecule has 1 saturated carbocycles. The highest BCUT2D eigenvalue weighted by Crippen LogP contribution is 2.28. The van der Waals surface area contributed by atoms with Crippen LogP contribution in [0.25, 0.3) is 0 Å². The maximum absolute atomic E-state index is 5.73. The van der Waals surface area contributed by atoms with E-state index in [-0.39, 0.29) is 24.0 Å². The molecule has 144 valence electrons. The van der Waals surface area contributed by atoms with Gasteiger partial charge in [-0.3, -0.25) is 0 Å². The smallest absolute Gasteiger partial charge is 0.194 e. The number of ether oxygens (including phenoxy) is 1. The van der Waals surface area contributed by atoms with Crippen molar-refractivity contribution in [1.29, 1.82) is 0 Å². The molecular weight excluding hydrogens is 447 g/mol. The number of halogens is 1. The SMILES string of the molecule is CCNC(=NCc1cnc(CC(C)C)s1)N(C)CCOCC1CC1.I. The molecule has 0 saturated heterocycles. The number of nitrogens with one attached hydrogen (secondary N) is 1. The lowest BCUT2D eigenvalue weighted by Gasteiger charge is -2.21. The Balaban J connectivity index is 0.00000312. The lowest BCUT2D eigenvalue weighted by atomic mass is 10.1. The van der Waals surface area contributed by atoms with Crippen molar-refractivity contribution in [3.8, 4) is 0 Å². The fraction of sp³-hybridized carbons (Fsp3) is 0.778. The van der Waals surface area contributed by atoms with Crippen LogP contribution in [-0.4, -0.2) is 49.2 Å². The minimum atomic E-state index is 0. The second kappa shape index (κ2) is 12.1. The molecule has 0 spiro atoms. The van der Waals surface area contributed by atoms with Crippen LogP contribution < -0.4 is 5.32 Å². The summed E-state index contributed by atoms with van der Waals surface area (Å²) in [7, 11) is 2.07. The summed E-state index contributed by atoms with van der Waals surface area (Å²) >= 11 is 1.78. The van der Waals surface area contributed by atoms with Gasteiger partial charge in [-0.05, 0) is 31.6 Å². The van der Waals surface area contributed by atoms with Gasteiger partial charge in [-0.15, -0.1) is 35.3 Å². The highest BCUT2D eigenvalue weighted by atomic mass is 127. The molecule has 1 fully saturated rings. The average Bonchev–Trinajstić information content (AvgIpc) is 3.26. The van der Waals surface area contributed by atoms with Crippen LogP contribution in [0.15, 0.2) is 11.2 Å². The number of hydrogen-bond donors (Lipinski definition) is 1. The summed E-state index contributed by atoms with van der Waals surface area (Å²) in [6.45, 7) is 10.6. The van der Waals surface area contributed by atoms with Gasteiger partial charge in [-0.2, -0.15) is 0 Å². The van der Waals surface area contributed by atoms with E-state index in [1.165, 1.54) is 22.7 Å². The molecule has 0 unspecified atom stereocenters. The zero-order chi connectivity index (χ0) is 17.4. The van der Waals surface area contributed by atoms with Crippen molar-refractivity contribution < 1.29 is 4.74 Å². The summed E-state index contributed by atoms with van der Waals surface area (Å²) in [5.74, 6) is 2.40. The van der Waals surface area contributed by atoms with E-state index in [0.29, 0.717) is 12.5 Å². The summed E-state index contributed by atoms with van der Waals surface area (Å²) in [6.07, 6.45) is 5.70. The quantitative estimate of drug-likeness (QED) is 0.240. The second-order valence-corrected chi connectivity index (χ2v) is 8.13. The molecule has 0 aromatic carbocycles. The molecule has 7 heteroatoms. The second-order valence-electron chi connectivity index (χ2n) is 6.93. The largest absolute Gasteiger partial charge is 0.379 e. The van der Waals surface area contributed by atoms with Gasteiger partial charge in [0.2, 0.25) is 0 Å². The lowest BCUT2D eigenvalue weighted by Crippen LogP contribution is -2.40. The van der Waals surface area contributed by atoms with Crippen molar-refractivity contribution in [2.45, 2.75) is 46.6 Å². The van der Waals surface area contributed by atoms with Crippen molar-refractivity contribution in [1.82, 2.24) is 15.2 Å². The van der Waals surface area contributed by atoms with Crippen LogP contribution >= 0.6 is 35.3 Å². The molecule has 0 radical (unpaired) electrons. The predicted molar refractivity (Wildman–Crippen MR) is 117 cm³/mol. The number of rotatable bonds is 10. The number of hydrogen-bond acceptors (Lipinski definition) is 4. The van der Waals surface area contributed by atoms with Crippen LogP contribution in [0.4, 0.5) is 0 Å². The molecule has 1 N–H and O–H groups in total. The van der Waals surface area contributed by atoms with Gasteiger partial charge in [-0.1, -0.05) is 13.8 Å². The Morgan fingerprint density at radius 1 is 1.48 bits per heavy atom. The monoisotopic (exact) mass is 480 g/mol. The standard InChI is InChI=1S/C18H32N4OS.HI/c1-5-19-18(22(4)8-9-23-13-15-6-7-15)21-12-16-11-20-17(24-16)10-14(2)3;/h11,14-15H,5-10,12-13H2,1-4H3,(H,19,21);1H. The zero-order valence-electron chi connectivity index (χ0n) is 16.0. The molecule has 0 bridgehead atoms. The van der Waals surface area contributed by atoms with E-state index < -0.39 is 0 Å². The van der Waals surface area contributed by atoms with Gasteiger partial charge in [0, 0.05) is 44.2 Å². The summed E-state index contributed by atoms with van der Waals surface area (Å²) in [5, 5.41) is 4.57. The molecular formula is C18H33IN4OS. The highest BCUT2D eigenvalue weighted by Gasteiger charge is 2.21. The van der Waals surface area contributed by atoms with Crippen LogP contribution in [0, 0.1) is 11.8 Å². The predicted octanol–water partition coefficient (Wildman–Crippen LogP) is 3.78. The van der Waals surface area contributed by atoms with Crippen LogP contribution in [0.5, 0.6) is 0 Å². The number of thiazole rings is 1. The van der Waals surface area contributed by atoms with Crippen molar-refractivity contribution in [2.75, 3.05) is 33.4 Å². The number of guanidine groups is 1. The Morgan fingerprint density at radius 2 is 2.24 bits per heavy atom. The van der Waals surface area contributed by atoms with E-state index in [2.05, 4.69) is 43.0 Å². The fourth-order valence-electron chi connectivity index (χ4n) is 2.33. The maximum Gasteiger partial charge on any atom is 0.194 e. The Kier molecular flexibility index (Phi) is 10.9. The minimum Gasteiger partial charge on any atom is -0.379 e. The molecule has 2 rings (SSSR count). The van der Waals surface area contributed by atoms with Crippen LogP contribution in [0.2, 0.25) is 0 Å². The van der Waals surface area contributed by atoms with E-state index in [9.17, 15) is 0 Å². The van der Waals surface area contributed by atoms with Gasteiger partial charge in [0.25, 0.3) is 0 Å². The van der Waals surface area contributed by atoms with Gasteiger partial charge < -0.3 is 15.0 Å². The van der Waals surface area contributed by atoms with Crippen molar-refractivity contribution in [2.24, 2.45) is 16.8 Å². The fourth-order valence-corrected chi connectivity index (χ4v) is 3.39. The first-order valence-electron chi connectivity index (χ1n) is 9.09. The van der Waals surface area contributed by atoms with Crippen molar-refractivity contribution in [3.05, 3.63) is 16.1 Å². The normalized spacial score (nSPS) is 14.5. The minimum absolute atomic E-state index is 0. The molecule has 1 aliphatic rings. The Hall–Kier alpha value is -0.410. The van der Waals surface area contributed by atoms with E-state index in [0.717, 1.165) is 44.6 Å². The number of aliphatic imine (C=N–C) groups is 1. The number of aromatic nitrogens is 1. The molecule has 0 atom stereocenters. The molecule has 1 heterocycles. The van der Waals surface area contributed by atoms with E-state index in [1.54, 1.807) is 11.3 Å². The Labute approximate surface area is 173 Å². The summed E-state index contributed by atoms with van der Waals surface area (Å²) in [4.78, 5) is 12.6. The van der Waals surface area contributed by atoms with Gasteiger partial charge in [0.1, 0.15) is 0 Å². The van der Waals surface area contributed by atoms with Gasteiger partial charge in [0.15, 0.2) is 5.96 Å². The average molecular weight is 480 g/mol. The molecule has 1 aromatic heterocycles. The molecule has 1 aromatic rings. The summed E-state index contributed by atoms with van der Waals surface area (Å²) < 4.78 is 5.73. The molecule has 0 aliphatic heterocycles. The zero-order valence-corrected chi connectivity index (χ0v) is 19.1. The van der Waals surface area contributed by atoms with Crippen LogP contribution in [-0.2, 0) is 17.7 Å². The molecule has 0 amide bonds. The van der Waals surface area contributed by atoms with Crippen LogP contribution in [0.3, 0.4) is 0 Å². The maximum atomic E-state index is 5.73. The highest BCUT2D eigenvalue weighted by molar-refractivity contribution is 14.0. The third-order valence-electron chi connectivity index (χ3n) is 3.89. The third kappa shape index (κ3) is 9.19. The van der Waals surface area contributed by atoms with Crippen molar-refractivity contribution in [3.63, 3.8) is 0 Å². The first-order valence-corrected chi connectivity index (χ1v) is 9.90. The first kappa shape index (κ1) is 22.6. The first-order chi connectivity index (χ1) is 11.6. The van der Waals surface area contributed by atoms with Gasteiger partial charge in [0.05, 0.1) is 18.2 Å². The lowest BCUT2D eigenvalue weighted by molar-refractivity contribution is 0.115. The third-order valence-corrected chi connectivity index (χ3v) is 4.89. The molecule has 5 nitrogen and oxygen atoms in total. The van der Waals surface area contributed by atoms with Crippen molar-refractivity contribution >= 4 is 41.3 Å². The van der Waals surface area contributed by atoms with Gasteiger partial charge in [-0.25, -0.2) is 9.98 Å². The topological polar surface area (TPSA) is 49.8 Å². The number of likely N-dealkylation sites (N-methyl/N-ethyl adjacent to an activating group) is 1. The Bertz CT molecular complexity index is 517.